The second-order valence-corrected chi connectivity index (χ2v) is 6.70. The number of hydrogen-bond acceptors (Lipinski definition) is 4. The minimum absolute atomic E-state index is 0.175. The van der Waals surface area contributed by atoms with Gasteiger partial charge in [-0.05, 0) is 38.1 Å². The van der Waals surface area contributed by atoms with E-state index in [1.165, 1.54) is 0 Å². The van der Waals surface area contributed by atoms with Gasteiger partial charge in [0.15, 0.2) is 0 Å². The molecule has 0 saturated heterocycles. The Morgan fingerprint density at radius 1 is 1.00 bits per heavy atom. The van der Waals surface area contributed by atoms with Gasteiger partial charge in [-0.15, -0.1) is 0 Å². The fourth-order valence-corrected chi connectivity index (χ4v) is 2.99. The average Bonchev–Trinajstić information content (AvgIpc) is 2.48. The maximum atomic E-state index is 12.1. The molecule has 118 valence electrons. The highest BCUT2D eigenvalue weighted by Gasteiger charge is 2.18. The maximum Gasteiger partial charge on any atom is 0.297 e. The summed E-state index contributed by atoms with van der Waals surface area (Å²) >= 11 is 0. The van der Waals surface area contributed by atoms with E-state index in [0.717, 1.165) is 11.3 Å². The number of aryl methyl sites for hydroxylation is 1. The molecule has 0 radical (unpaired) electrons. The monoisotopic (exact) mass is 320 g/mol. The SMILES string of the molecule is Cc1ccc(S(=O)(=O)OC(C)CCOc2ccccc2)cc1. The quantitative estimate of drug-likeness (QED) is 0.732. The van der Waals surface area contributed by atoms with Crippen molar-refractivity contribution in [3.8, 4) is 5.75 Å². The third-order valence-electron chi connectivity index (χ3n) is 3.14. The van der Waals surface area contributed by atoms with Crippen LogP contribution in [-0.2, 0) is 14.3 Å². The van der Waals surface area contributed by atoms with Crippen molar-refractivity contribution < 1.29 is 17.3 Å². The fraction of sp³-hybridized carbons (Fsp3) is 0.294. The van der Waals surface area contributed by atoms with E-state index in [1.54, 1.807) is 31.2 Å². The maximum absolute atomic E-state index is 12.1. The molecule has 0 N–H and O–H groups in total. The van der Waals surface area contributed by atoms with Gasteiger partial charge in [0.1, 0.15) is 5.75 Å². The summed E-state index contributed by atoms with van der Waals surface area (Å²) in [5.74, 6) is 0.760. The molecule has 5 heteroatoms. The summed E-state index contributed by atoms with van der Waals surface area (Å²) in [7, 11) is -3.73. The second kappa shape index (κ2) is 7.42. The molecule has 1 unspecified atom stereocenters. The predicted molar refractivity (Wildman–Crippen MR) is 85.5 cm³/mol. The van der Waals surface area contributed by atoms with Crippen LogP contribution in [0.15, 0.2) is 59.5 Å². The van der Waals surface area contributed by atoms with Crippen molar-refractivity contribution in [2.75, 3.05) is 6.61 Å². The van der Waals surface area contributed by atoms with E-state index in [4.69, 9.17) is 8.92 Å². The van der Waals surface area contributed by atoms with Gasteiger partial charge in [0, 0.05) is 6.42 Å². The Morgan fingerprint density at radius 3 is 2.27 bits per heavy atom. The lowest BCUT2D eigenvalue weighted by Crippen LogP contribution is -2.18. The third-order valence-corrected chi connectivity index (χ3v) is 4.57. The molecule has 2 aromatic rings. The summed E-state index contributed by atoms with van der Waals surface area (Å²) in [5.41, 5.74) is 1.00. The molecule has 0 heterocycles. The lowest BCUT2D eigenvalue weighted by Gasteiger charge is -2.14. The van der Waals surface area contributed by atoms with Crippen molar-refractivity contribution in [3.05, 3.63) is 60.2 Å². The number of benzene rings is 2. The van der Waals surface area contributed by atoms with Crippen molar-refractivity contribution in [2.24, 2.45) is 0 Å². The van der Waals surface area contributed by atoms with Crippen LogP contribution < -0.4 is 4.74 Å². The van der Waals surface area contributed by atoms with Crippen molar-refractivity contribution in [2.45, 2.75) is 31.3 Å². The van der Waals surface area contributed by atoms with Gasteiger partial charge in [0.2, 0.25) is 0 Å². The highest BCUT2D eigenvalue weighted by atomic mass is 32.2. The van der Waals surface area contributed by atoms with E-state index >= 15 is 0 Å². The second-order valence-electron chi connectivity index (χ2n) is 5.12. The molecular weight excluding hydrogens is 300 g/mol. The molecule has 0 amide bonds. The first-order valence-electron chi connectivity index (χ1n) is 7.15. The van der Waals surface area contributed by atoms with E-state index < -0.39 is 16.2 Å². The molecule has 1 atom stereocenters. The average molecular weight is 320 g/mol. The summed E-state index contributed by atoms with van der Waals surface area (Å²) in [6.45, 7) is 4.02. The van der Waals surface area contributed by atoms with Crippen molar-refractivity contribution in [1.29, 1.82) is 0 Å². The normalized spacial score (nSPS) is 12.8. The molecular formula is C17H20O4S. The zero-order valence-corrected chi connectivity index (χ0v) is 13.5. The van der Waals surface area contributed by atoms with Gasteiger partial charge in [-0.2, -0.15) is 8.42 Å². The van der Waals surface area contributed by atoms with Crippen LogP contribution in [0, 0.1) is 6.92 Å². The van der Waals surface area contributed by atoms with Gasteiger partial charge < -0.3 is 4.74 Å². The Kier molecular flexibility index (Phi) is 5.57. The molecule has 0 fully saturated rings. The van der Waals surface area contributed by atoms with Gasteiger partial charge in [-0.1, -0.05) is 35.9 Å². The van der Waals surface area contributed by atoms with Gasteiger partial charge in [-0.25, -0.2) is 0 Å². The van der Waals surface area contributed by atoms with Gasteiger partial charge >= 0.3 is 0 Å². The van der Waals surface area contributed by atoms with Crippen LogP contribution in [0.5, 0.6) is 5.75 Å². The van der Waals surface area contributed by atoms with Crippen molar-refractivity contribution in [3.63, 3.8) is 0 Å². The molecule has 0 spiro atoms. The van der Waals surface area contributed by atoms with E-state index in [-0.39, 0.29) is 4.90 Å². The molecule has 0 aliphatic heterocycles. The highest BCUT2D eigenvalue weighted by molar-refractivity contribution is 7.86. The van der Waals surface area contributed by atoms with E-state index in [1.807, 2.05) is 37.3 Å². The molecule has 0 aliphatic carbocycles. The standard InChI is InChI=1S/C17H20O4S/c1-14-8-10-17(11-9-14)22(18,19)21-15(2)12-13-20-16-6-4-3-5-7-16/h3-11,15H,12-13H2,1-2H3. The Balaban J connectivity index is 1.85. The number of para-hydroxylation sites is 1. The smallest absolute Gasteiger partial charge is 0.297 e. The van der Waals surface area contributed by atoms with Crippen LogP contribution in [0.3, 0.4) is 0 Å². The van der Waals surface area contributed by atoms with Gasteiger partial charge in [0.25, 0.3) is 10.1 Å². The predicted octanol–water partition coefficient (Wildman–Crippen LogP) is 3.56. The fourth-order valence-electron chi connectivity index (χ4n) is 1.88. The molecule has 0 saturated carbocycles. The Bertz CT molecular complexity index is 678. The Hall–Kier alpha value is -1.85. The van der Waals surface area contributed by atoms with Crippen LogP contribution in [0.1, 0.15) is 18.9 Å². The van der Waals surface area contributed by atoms with E-state index in [2.05, 4.69) is 0 Å². The van der Waals surface area contributed by atoms with Crippen molar-refractivity contribution >= 4 is 10.1 Å². The largest absolute Gasteiger partial charge is 0.493 e. The zero-order valence-electron chi connectivity index (χ0n) is 12.7. The highest BCUT2D eigenvalue weighted by Crippen LogP contribution is 2.16. The van der Waals surface area contributed by atoms with E-state index in [0.29, 0.717) is 13.0 Å². The summed E-state index contributed by atoms with van der Waals surface area (Å²) in [4.78, 5) is 0.175. The number of ether oxygens (including phenoxy) is 1. The lowest BCUT2D eigenvalue weighted by molar-refractivity contribution is 0.183. The first kappa shape index (κ1) is 16.5. The minimum Gasteiger partial charge on any atom is -0.493 e. The minimum atomic E-state index is -3.73. The topological polar surface area (TPSA) is 52.6 Å². The summed E-state index contributed by atoms with van der Waals surface area (Å²) < 4.78 is 35.0. The van der Waals surface area contributed by atoms with Gasteiger partial charge in [0.05, 0.1) is 17.6 Å². The summed E-state index contributed by atoms with van der Waals surface area (Å²) in [6, 6.07) is 16.0. The molecule has 2 rings (SSSR count). The number of rotatable bonds is 7. The lowest BCUT2D eigenvalue weighted by atomic mass is 10.2. The summed E-state index contributed by atoms with van der Waals surface area (Å²) in [6.07, 6.45) is 0.0370. The first-order chi connectivity index (χ1) is 10.5. The summed E-state index contributed by atoms with van der Waals surface area (Å²) in [5, 5.41) is 0. The van der Waals surface area contributed by atoms with Crippen LogP contribution in [0.25, 0.3) is 0 Å². The zero-order chi connectivity index (χ0) is 16.0. The van der Waals surface area contributed by atoms with Crippen LogP contribution >= 0.6 is 0 Å². The molecule has 0 aromatic heterocycles. The molecule has 2 aromatic carbocycles. The van der Waals surface area contributed by atoms with Crippen LogP contribution in [0.2, 0.25) is 0 Å². The van der Waals surface area contributed by atoms with Crippen molar-refractivity contribution in [1.82, 2.24) is 0 Å². The molecule has 22 heavy (non-hydrogen) atoms. The van der Waals surface area contributed by atoms with Crippen LogP contribution in [-0.4, -0.2) is 21.1 Å². The Morgan fingerprint density at radius 2 is 1.64 bits per heavy atom. The van der Waals surface area contributed by atoms with E-state index in [9.17, 15) is 8.42 Å². The van der Waals surface area contributed by atoms with Crippen LogP contribution in [0.4, 0.5) is 0 Å². The molecule has 4 nitrogen and oxygen atoms in total. The number of hydrogen-bond donors (Lipinski definition) is 0. The first-order valence-corrected chi connectivity index (χ1v) is 8.56. The Labute approximate surface area is 131 Å². The van der Waals surface area contributed by atoms with Gasteiger partial charge in [-0.3, -0.25) is 4.18 Å². The molecule has 0 aliphatic rings. The molecule has 0 bridgehead atoms. The third kappa shape index (κ3) is 4.86.